The average molecular weight is 235 g/mol. The fourth-order valence-electron chi connectivity index (χ4n) is 1.47. The number of nitrogens with one attached hydrogen (secondary N) is 1. The third-order valence-corrected chi connectivity index (χ3v) is 2.19. The molecule has 4 heteroatoms. The number of carbonyl (C=O) groups excluding carboxylic acids is 1. The zero-order valence-electron chi connectivity index (χ0n) is 9.85. The highest BCUT2D eigenvalue weighted by atomic mass is 16.5. The van der Waals surface area contributed by atoms with Gasteiger partial charge in [-0.3, -0.25) is 5.32 Å². The predicted octanol–water partition coefficient (Wildman–Crippen LogP) is 1.77. The molecule has 4 nitrogen and oxygen atoms in total. The molecule has 1 aromatic carbocycles. The summed E-state index contributed by atoms with van der Waals surface area (Å²) in [5.74, 6) is -0.239. The van der Waals surface area contributed by atoms with E-state index in [0.717, 1.165) is 0 Å². The number of rotatable bonds is 6. The van der Waals surface area contributed by atoms with Crippen LogP contribution in [0.5, 0.6) is 5.75 Å². The van der Waals surface area contributed by atoms with Crippen molar-refractivity contribution >= 4 is 5.97 Å². The third kappa shape index (κ3) is 3.92. The molecule has 0 saturated carbocycles. The summed E-state index contributed by atoms with van der Waals surface area (Å²) in [4.78, 5) is 11.8. The van der Waals surface area contributed by atoms with Crippen molar-refractivity contribution < 1.29 is 14.6 Å². The van der Waals surface area contributed by atoms with Crippen LogP contribution in [0, 0.1) is 0 Å². The number of benzene rings is 1. The molecule has 0 amide bonds. The maximum Gasteiger partial charge on any atom is 0.327 e. The zero-order chi connectivity index (χ0) is 12.7. The molecule has 2 N–H and O–H groups in total. The van der Waals surface area contributed by atoms with Crippen molar-refractivity contribution in [1.82, 2.24) is 5.32 Å². The van der Waals surface area contributed by atoms with Gasteiger partial charge in [0.25, 0.3) is 0 Å². The van der Waals surface area contributed by atoms with Crippen LogP contribution < -0.4 is 5.32 Å². The van der Waals surface area contributed by atoms with E-state index in [1.807, 2.05) is 0 Å². The minimum Gasteiger partial charge on any atom is -0.508 e. The molecule has 0 bridgehead atoms. The maximum atomic E-state index is 11.8. The van der Waals surface area contributed by atoms with Gasteiger partial charge in [-0.25, -0.2) is 4.79 Å². The number of ether oxygens (including phenoxy) is 1. The Morgan fingerprint density at radius 1 is 1.65 bits per heavy atom. The number of carbonyl (C=O) groups is 1. The van der Waals surface area contributed by atoms with Crippen molar-refractivity contribution in [2.45, 2.75) is 13.0 Å². The normalized spacial score (nSPS) is 11.8. The van der Waals surface area contributed by atoms with E-state index in [0.29, 0.717) is 18.7 Å². The van der Waals surface area contributed by atoms with Gasteiger partial charge in [0.15, 0.2) is 0 Å². The van der Waals surface area contributed by atoms with Crippen LogP contribution in [0.2, 0.25) is 0 Å². The van der Waals surface area contributed by atoms with Crippen molar-refractivity contribution in [2.75, 3.05) is 13.2 Å². The SMILES string of the molecule is C=CCNC(C(=O)OCC)c1cccc(O)c1. The molecule has 0 aliphatic rings. The molecule has 0 fully saturated rings. The fourth-order valence-corrected chi connectivity index (χ4v) is 1.47. The van der Waals surface area contributed by atoms with E-state index < -0.39 is 6.04 Å². The van der Waals surface area contributed by atoms with Crippen molar-refractivity contribution in [1.29, 1.82) is 0 Å². The molecule has 0 spiro atoms. The predicted molar refractivity (Wildman–Crippen MR) is 65.7 cm³/mol. The number of hydrogen-bond acceptors (Lipinski definition) is 4. The molecule has 92 valence electrons. The molecule has 0 aliphatic carbocycles. The number of phenols is 1. The Labute approximate surface area is 101 Å². The molecule has 1 atom stereocenters. The molecule has 0 radical (unpaired) electrons. The third-order valence-electron chi connectivity index (χ3n) is 2.19. The monoisotopic (exact) mass is 235 g/mol. The first-order valence-electron chi connectivity index (χ1n) is 5.49. The second-order valence-corrected chi connectivity index (χ2v) is 3.48. The van der Waals surface area contributed by atoms with Crippen molar-refractivity contribution in [3.63, 3.8) is 0 Å². The second-order valence-electron chi connectivity index (χ2n) is 3.48. The Balaban J connectivity index is 2.88. The zero-order valence-corrected chi connectivity index (χ0v) is 9.85. The van der Waals surface area contributed by atoms with Gasteiger partial charge in [0.1, 0.15) is 11.8 Å². The molecule has 1 unspecified atom stereocenters. The summed E-state index contributed by atoms with van der Waals surface area (Å²) in [6.07, 6.45) is 1.66. The second kappa shape index (κ2) is 6.70. The van der Waals surface area contributed by atoms with Gasteiger partial charge in [-0.1, -0.05) is 18.2 Å². The maximum absolute atomic E-state index is 11.8. The lowest BCUT2D eigenvalue weighted by Gasteiger charge is -2.16. The molecular formula is C13H17NO3. The van der Waals surface area contributed by atoms with Gasteiger partial charge in [-0.05, 0) is 24.6 Å². The van der Waals surface area contributed by atoms with Crippen LogP contribution in [-0.4, -0.2) is 24.2 Å². The van der Waals surface area contributed by atoms with Crippen molar-refractivity contribution in [3.8, 4) is 5.75 Å². The van der Waals surface area contributed by atoms with Gasteiger partial charge < -0.3 is 9.84 Å². The van der Waals surface area contributed by atoms with Gasteiger partial charge in [-0.15, -0.1) is 6.58 Å². The van der Waals surface area contributed by atoms with Crippen LogP contribution in [0.25, 0.3) is 0 Å². The first kappa shape index (κ1) is 13.3. The van der Waals surface area contributed by atoms with E-state index in [2.05, 4.69) is 11.9 Å². The lowest BCUT2D eigenvalue weighted by Crippen LogP contribution is -2.30. The molecule has 0 aliphatic heterocycles. The molecule has 0 aromatic heterocycles. The quantitative estimate of drug-likeness (QED) is 0.583. The topological polar surface area (TPSA) is 58.6 Å². The van der Waals surface area contributed by atoms with E-state index in [9.17, 15) is 9.90 Å². The van der Waals surface area contributed by atoms with Crippen LogP contribution in [0.3, 0.4) is 0 Å². The van der Waals surface area contributed by atoms with Crippen LogP contribution in [0.15, 0.2) is 36.9 Å². The molecule has 0 saturated heterocycles. The van der Waals surface area contributed by atoms with Crippen LogP contribution >= 0.6 is 0 Å². The molecule has 1 aromatic rings. The summed E-state index contributed by atoms with van der Waals surface area (Å²) < 4.78 is 4.98. The first-order valence-corrected chi connectivity index (χ1v) is 5.49. The summed E-state index contributed by atoms with van der Waals surface area (Å²) in [7, 11) is 0. The first-order chi connectivity index (χ1) is 8.19. The summed E-state index contributed by atoms with van der Waals surface area (Å²) in [5.41, 5.74) is 0.672. The summed E-state index contributed by atoms with van der Waals surface area (Å²) in [6, 6.07) is 5.96. The molecular weight excluding hydrogens is 218 g/mol. The molecule has 0 heterocycles. The number of phenolic OH excluding ortho intramolecular Hbond substituents is 1. The smallest absolute Gasteiger partial charge is 0.327 e. The van der Waals surface area contributed by atoms with Crippen LogP contribution in [0.1, 0.15) is 18.5 Å². The standard InChI is InChI=1S/C13H17NO3/c1-3-8-14-12(13(16)17-4-2)10-6-5-7-11(15)9-10/h3,5-7,9,12,14-15H,1,4,8H2,2H3. The summed E-state index contributed by atoms with van der Waals surface area (Å²) >= 11 is 0. The summed E-state index contributed by atoms with van der Waals surface area (Å²) in [5, 5.41) is 12.4. The molecule has 17 heavy (non-hydrogen) atoms. The summed E-state index contributed by atoms with van der Waals surface area (Å²) in [6.45, 7) is 6.15. The van der Waals surface area contributed by atoms with E-state index in [4.69, 9.17) is 4.74 Å². The lowest BCUT2D eigenvalue weighted by molar-refractivity contribution is -0.145. The molecule has 1 rings (SSSR count). The Hall–Kier alpha value is -1.81. The van der Waals surface area contributed by atoms with E-state index in [-0.39, 0.29) is 11.7 Å². The van der Waals surface area contributed by atoms with Gasteiger partial charge in [0.05, 0.1) is 6.61 Å². The number of hydrogen-bond donors (Lipinski definition) is 2. The average Bonchev–Trinajstić information content (AvgIpc) is 2.30. The van der Waals surface area contributed by atoms with E-state index in [1.165, 1.54) is 6.07 Å². The Bertz CT molecular complexity index is 390. The van der Waals surface area contributed by atoms with Crippen LogP contribution in [-0.2, 0) is 9.53 Å². The van der Waals surface area contributed by atoms with Gasteiger partial charge >= 0.3 is 5.97 Å². The highest BCUT2D eigenvalue weighted by molar-refractivity contribution is 5.77. The number of aromatic hydroxyl groups is 1. The Kier molecular flexibility index (Phi) is 5.23. The Morgan fingerprint density at radius 2 is 2.41 bits per heavy atom. The van der Waals surface area contributed by atoms with Crippen LogP contribution in [0.4, 0.5) is 0 Å². The fraction of sp³-hybridized carbons (Fsp3) is 0.308. The largest absolute Gasteiger partial charge is 0.508 e. The van der Waals surface area contributed by atoms with Gasteiger partial charge in [-0.2, -0.15) is 0 Å². The van der Waals surface area contributed by atoms with E-state index >= 15 is 0 Å². The van der Waals surface area contributed by atoms with Gasteiger partial charge in [0.2, 0.25) is 0 Å². The minimum absolute atomic E-state index is 0.122. The van der Waals surface area contributed by atoms with Crippen molar-refractivity contribution in [3.05, 3.63) is 42.5 Å². The van der Waals surface area contributed by atoms with Gasteiger partial charge in [0, 0.05) is 6.54 Å². The van der Waals surface area contributed by atoms with Crippen molar-refractivity contribution in [2.24, 2.45) is 0 Å². The Morgan fingerprint density at radius 3 is 3.00 bits per heavy atom. The lowest BCUT2D eigenvalue weighted by atomic mass is 10.1. The highest BCUT2D eigenvalue weighted by Crippen LogP contribution is 2.19. The number of esters is 1. The van der Waals surface area contributed by atoms with E-state index in [1.54, 1.807) is 31.2 Å². The highest BCUT2D eigenvalue weighted by Gasteiger charge is 2.20. The minimum atomic E-state index is -0.583.